The monoisotopic (exact) mass is 362 g/mol. The first-order valence-electron chi connectivity index (χ1n) is 7.73. The van der Waals surface area contributed by atoms with Crippen molar-refractivity contribution in [1.29, 1.82) is 0 Å². The molecule has 2 aromatic carbocycles. The van der Waals surface area contributed by atoms with E-state index in [4.69, 9.17) is 21.1 Å². The van der Waals surface area contributed by atoms with Gasteiger partial charge in [0, 0.05) is 10.6 Å². The minimum Gasteiger partial charge on any atom is -0.494 e. The molecule has 0 aliphatic rings. The maximum atomic E-state index is 11.9. The first-order chi connectivity index (χ1) is 12.1. The predicted molar refractivity (Wildman–Crippen MR) is 94.3 cm³/mol. The Labute approximate surface area is 151 Å². The summed E-state index contributed by atoms with van der Waals surface area (Å²) in [6, 6.07) is 13.8. The van der Waals surface area contributed by atoms with Crippen LogP contribution in [0, 0.1) is 0 Å². The maximum absolute atomic E-state index is 11.9. The van der Waals surface area contributed by atoms with Crippen LogP contribution in [-0.4, -0.2) is 25.0 Å². The van der Waals surface area contributed by atoms with Crippen LogP contribution in [0.25, 0.3) is 0 Å². The second kappa shape index (κ2) is 9.66. The molecule has 0 aliphatic carbocycles. The van der Waals surface area contributed by atoms with Crippen molar-refractivity contribution in [3.63, 3.8) is 0 Å². The van der Waals surface area contributed by atoms with Gasteiger partial charge >= 0.3 is 0 Å². The highest BCUT2D eigenvalue weighted by Gasteiger charge is 2.08. The van der Waals surface area contributed by atoms with Crippen molar-refractivity contribution in [2.45, 2.75) is 13.5 Å². The summed E-state index contributed by atoms with van der Waals surface area (Å²) in [5, 5.41) is 0.576. The Balaban J connectivity index is 1.72. The summed E-state index contributed by atoms with van der Waals surface area (Å²) in [6.07, 6.45) is 0. The fraction of sp³-hybridized carbons (Fsp3) is 0.222. The second-order valence-corrected chi connectivity index (χ2v) is 5.45. The van der Waals surface area contributed by atoms with Crippen LogP contribution < -0.4 is 15.6 Å². The minimum atomic E-state index is -0.466. The Morgan fingerprint density at radius 3 is 2.44 bits per heavy atom. The number of benzene rings is 2. The molecule has 0 saturated heterocycles. The molecule has 0 aliphatic heterocycles. The van der Waals surface area contributed by atoms with Crippen molar-refractivity contribution in [2.75, 3.05) is 13.2 Å². The van der Waals surface area contributed by atoms with Gasteiger partial charge in [-0.3, -0.25) is 20.4 Å². The Morgan fingerprint density at radius 2 is 1.76 bits per heavy atom. The smallest absolute Gasteiger partial charge is 0.269 e. The lowest BCUT2D eigenvalue weighted by molar-refractivity contribution is -0.126. The van der Waals surface area contributed by atoms with E-state index in [0.29, 0.717) is 22.9 Å². The van der Waals surface area contributed by atoms with Gasteiger partial charge in [-0.2, -0.15) is 0 Å². The molecule has 0 unspecified atom stereocenters. The van der Waals surface area contributed by atoms with Gasteiger partial charge in [0.15, 0.2) is 0 Å². The van der Waals surface area contributed by atoms with Crippen LogP contribution in [0.4, 0.5) is 0 Å². The zero-order valence-corrected chi connectivity index (χ0v) is 14.5. The van der Waals surface area contributed by atoms with E-state index in [1.54, 1.807) is 30.3 Å². The lowest BCUT2D eigenvalue weighted by Gasteiger charge is -2.09. The van der Waals surface area contributed by atoms with E-state index >= 15 is 0 Å². The molecule has 2 rings (SSSR count). The summed E-state index contributed by atoms with van der Waals surface area (Å²) >= 11 is 5.99. The molecule has 0 heterocycles. The number of ether oxygens (including phenoxy) is 2. The topological polar surface area (TPSA) is 76.7 Å². The molecular weight excluding hydrogens is 344 g/mol. The third-order valence-electron chi connectivity index (χ3n) is 3.19. The van der Waals surface area contributed by atoms with Gasteiger partial charge < -0.3 is 9.47 Å². The first kappa shape index (κ1) is 18.8. The number of carbonyl (C=O) groups excluding carboxylic acids is 2. The third kappa shape index (κ3) is 6.10. The van der Waals surface area contributed by atoms with Gasteiger partial charge in [-0.05, 0) is 42.8 Å². The number of halogens is 1. The zero-order chi connectivity index (χ0) is 18.1. The summed E-state index contributed by atoms with van der Waals surface area (Å²) < 4.78 is 10.6. The van der Waals surface area contributed by atoms with Crippen LogP contribution in [0.1, 0.15) is 22.8 Å². The summed E-state index contributed by atoms with van der Waals surface area (Å²) in [5.41, 5.74) is 5.81. The molecule has 6 nitrogen and oxygen atoms in total. The van der Waals surface area contributed by atoms with Gasteiger partial charge in [-0.25, -0.2) is 0 Å². The normalized spacial score (nSPS) is 10.2. The zero-order valence-electron chi connectivity index (χ0n) is 13.8. The number of amides is 2. The highest BCUT2D eigenvalue weighted by Crippen LogP contribution is 2.15. The van der Waals surface area contributed by atoms with E-state index in [0.717, 1.165) is 5.56 Å². The summed E-state index contributed by atoms with van der Waals surface area (Å²) in [4.78, 5) is 23.6. The number of hydrogen-bond donors (Lipinski definition) is 2. The van der Waals surface area contributed by atoms with E-state index in [1.807, 2.05) is 25.1 Å². The van der Waals surface area contributed by atoms with Gasteiger partial charge in [-0.1, -0.05) is 29.8 Å². The highest BCUT2D eigenvalue weighted by atomic mass is 35.5. The van der Waals surface area contributed by atoms with Crippen molar-refractivity contribution in [2.24, 2.45) is 0 Å². The molecule has 2 aromatic rings. The number of hydrazine groups is 1. The predicted octanol–water partition coefficient (Wildman–Crippen LogP) is 2.72. The average Bonchev–Trinajstić information content (AvgIpc) is 2.62. The minimum absolute atomic E-state index is 0.200. The highest BCUT2D eigenvalue weighted by molar-refractivity contribution is 6.31. The molecule has 7 heteroatoms. The molecule has 132 valence electrons. The molecule has 0 bridgehead atoms. The second-order valence-electron chi connectivity index (χ2n) is 5.04. The summed E-state index contributed by atoms with van der Waals surface area (Å²) in [6.45, 7) is 2.44. The van der Waals surface area contributed by atoms with Crippen LogP contribution in [0.5, 0.6) is 5.75 Å². The number of hydrogen-bond acceptors (Lipinski definition) is 4. The Bertz CT molecular complexity index is 719. The van der Waals surface area contributed by atoms with Crippen LogP contribution in [-0.2, 0) is 16.1 Å². The van der Waals surface area contributed by atoms with E-state index in [-0.39, 0.29) is 13.2 Å². The van der Waals surface area contributed by atoms with Gasteiger partial charge in [-0.15, -0.1) is 0 Å². The molecule has 0 radical (unpaired) electrons. The van der Waals surface area contributed by atoms with Crippen molar-refractivity contribution in [3.05, 3.63) is 64.7 Å². The third-order valence-corrected chi connectivity index (χ3v) is 3.56. The van der Waals surface area contributed by atoms with Gasteiger partial charge in [0.25, 0.3) is 11.8 Å². The molecule has 0 spiro atoms. The molecule has 0 aromatic heterocycles. The van der Waals surface area contributed by atoms with Crippen LogP contribution >= 0.6 is 11.6 Å². The summed E-state index contributed by atoms with van der Waals surface area (Å²) in [7, 11) is 0. The Hall–Kier alpha value is -2.57. The molecule has 0 atom stereocenters. The van der Waals surface area contributed by atoms with E-state index in [9.17, 15) is 9.59 Å². The molecule has 2 amide bonds. The fourth-order valence-corrected chi connectivity index (χ4v) is 2.16. The van der Waals surface area contributed by atoms with Gasteiger partial charge in [0.05, 0.1) is 13.2 Å². The largest absolute Gasteiger partial charge is 0.494 e. The summed E-state index contributed by atoms with van der Waals surface area (Å²) in [5.74, 6) is -0.218. The molecule has 0 fully saturated rings. The Morgan fingerprint density at radius 1 is 1.04 bits per heavy atom. The van der Waals surface area contributed by atoms with Crippen molar-refractivity contribution in [3.8, 4) is 5.75 Å². The SMILES string of the molecule is CCOc1ccc(C(=O)NNC(=O)COCc2ccccc2Cl)cc1. The quantitative estimate of drug-likeness (QED) is 0.742. The molecule has 0 saturated carbocycles. The number of nitrogens with one attached hydrogen (secondary N) is 2. The fourth-order valence-electron chi connectivity index (χ4n) is 1.97. The van der Waals surface area contributed by atoms with Gasteiger partial charge in [0.1, 0.15) is 12.4 Å². The van der Waals surface area contributed by atoms with Crippen LogP contribution in [0.15, 0.2) is 48.5 Å². The standard InChI is InChI=1S/C18H19ClN2O4/c1-2-25-15-9-7-13(8-10-15)18(23)21-20-17(22)12-24-11-14-5-3-4-6-16(14)19/h3-10H,2,11-12H2,1H3,(H,20,22)(H,21,23). The van der Waals surface area contributed by atoms with E-state index in [1.165, 1.54) is 0 Å². The van der Waals surface area contributed by atoms with Crippen molar-refractivity contribution < 1.29 is 19.1 Å². The number of rotatable bonds is 7. The first-order valence-corrected chi connectivity index (χ1v) is 8.11. The molecular formula is C18H19ClN2O4. The van der Waals surface area contributed by atoms with Crippen molar-refractivity contribution in [1.82, 2.24) is 10.9 Å². The number of carbonyl (C=O) groups is 2. The average molecular weight is 363 g/mol. The van der Waals surface area contributed by atoms with Gasteiger partial charge in [0.2, 0.25) is 0 Å². The lowest BCUT2D eigenvalue weighted by atomic mass is 10.2. The molecule has 25 heavy (non-hydrogen) atoms. The Kier molecular flexibility index (Phi) is 7.25. The maximum Gasteiger partial charge on any atom is 0.269 e. The van der Waals surface area contributed by atoms with Crippen LogP contribution in [0.3, 0.4) is 0 Å². The lowest BCUT2D eigenvalue weighted by Crippen LogP contribution is -2.43. The van der Waals surface area contributed by atoms with E-state index in [2.05, 4.69) is 10.9 Å². The molecule has 2 N–H and O–H groups in total. The van der Waals surface area contributed by atoms with E-state index < -0.39 is 11.8 Å². The van der Waals surface area contributed by atoms with Crippen LogP contribution in [0.2, 0.25) is 5.02 Å². The van der Waals surface area contributed by atoms with Crippen molar-refractivity contribution >= 4 is 23.4 Å².